The van der Waals surface area contributed by atoms with E-state index in [0.717, 1.165) is 17.5 Å². The minimum Gasteiger partial charge on any atom is -0.481 e. The van der Waals surface area contributed by atoms with E-state index in [4.69, 9.17) is 4.74 Å². The van der Waals surface area contributed by atoms with Crippen molar-refractivity contribution >= 4 is 5.97 Å². The van der Waals surface area contributed by atoms with E-state index < -0.39 is 5.97 Å². The molecule has 100 valence electrons. The van der Waals surface area contributed by atoms with Crippen LogP contribution in [0.2, 0.25) is 0 Å². The average molecular weight is 250 g/mol. The highest BCUT2D eigenvalue weighted by Crippen LogP contribution is 2.17. The van der Waals surface area contributed by atoms with Crippen molar-refractivity contribution in [2.24, 2.45) is 5.92 Å². The highest BCUT2D eigenvalue weighted by atomic mass is 16.5. The third kappa shape index (κ3) is 4.88. The lowest BCUT2D eigenvalue weighted by Gasteiger charge is -2.13. The van der Waals surface area contributed by atoms with Gasteiger partial charge in [0.25, 0.3) is 0 Å². The van der Waals surface area contributed by atoms with E-state index in [9.17, 15) is 9.90 Å². The molecule has 1 N–H and O–H groups in total. The molecule has 1 rings (SSSR count). The highest BCUT2D eigenvalue weighted by molar-refractivity contribution is 5.70. The van der Waals surface area contributed by atoms with Crippen LogP contribution < -0.4 is 0 Å². The quantitative estimate of drug-likeness (QED) is 0.721. The molecule has 1 aromatic rings. The lowest BCUT2D eigenvalue weighted by molar-refractivity contribution is -0.142. The van der Waals surface area contributed by atoms with Crippen molar-refractivity contribution in [2.75, 3.05) is 13.2 Å². The van der Waals surface area contributed by atoms with Crippen molar-refractivity contribution in [2.45, 2.75) is 33.1 Å². The second-order valence-corrected chi connectivity index (χ2v) is 4.50. The first-order valence-corrected chi connectivity index (χ1v) is 6.50. The molecule has 3 heteroatoms. The maximum absolute atomic E-state index is 11.2. The minimum absolute atomic E-state index is 0.313. The van der Waals surface area contributed by atoms with Crippen LogP contribution in [0.3, 0.4) is 0 Å². The highest BCUT2D eigenvalue weighted by Gasteiger charge is 2.18. The van der Waals surface area contributed by atoms with Crippen LogP contribution in [0.25, 0.3) is 0 Å². The van der Waals surface area contributed by atoms with Crippen LogP contribution in [0.1, 0.15) is 30.9 Å². The maximum Gasteiger partial charge on any atom is 0.306 e. The van der Waals surface area contributed by atoms with Gasteiger partial charge in [0, 0.05) is 13.2 Å². The van der Waals surface area contributed by atoms with E-state index in [2.05, 4.69) is 0 Å². The molecule has 0 aliphatic carbocycles. The number of rotatable bonds is 8. The van der Waals surface area contributed by atoms with Crippen molar-refractivity contribution in [3.63, 3.8) is 0 Å². The fourth-order valence-corrected chi connectivity index (χ4v) is 1.99. The first kappa shape index (κ1) is 14.7. The Morgan fingerprint density at radius 2 is 2.11 bits per heavy atom. The molecule has 18 heavy (non-hydrogen) atoms. The Labute approximate surface area is 109 Å². The van der Waals surface area contributed by atoms with Crippen molar-refractivity contribution < 1.29 is 14.6 Å². The Bertz CT molecular complexity index is 374. The third-order valence-electron chi connectivity index (χ3n) is 3.12. The van der Waals surface area contributed by atoms with Gasteiger partial charge in [-0.1, -0.05) is 24.3 Å². The molecule has 3 nitrogen and oxygen atoms in total. The predicted molar refractivity (Wildman–Crippen MR) is 71.7 cm³/mol. The summed E-state index contributed by atoms with van der Waals surface area (Å²) in [7, 11) is 0. The smallest absolute Gasteiger partial charge is 0.306 e. The van der Waals surface area contributed by atoms with Crippen LogP contribution in [0, 0.1) is 12.8 Å². The zero-order valence-electron chi connectivity index (χ0n) is 11.2. The van der Waals surface area contributed by atoms with Gasteiger partial charge in [-0.15, -0.1) is 0 Å². The van der Waals surface area contributed by atoms with Gasteiger partial charge in [-0.25, -0.2) is 0 Å². The zero-order valence-corrected chi connectivity index (χ0v) is 11.2. The van der Waals surface area contributed by atoms with Gasteiger partial charge in [-0.2, -0.15) is 0 Å². The average Bonchev–Trinajstić information content (AvgIpc) is 2.35. The Kier molecular flexibility index (Phi) is 6.44. The molecular weight excluding hydrogens is 228 g/mol. The lowest BCUT2D eigenvalue weighted by Crippen LogP contribution is -2.17. The molecule has 0 aliphatic rings. The SMILES string of the molecule is CCOCCCC(Cc1ccccc1C)C(=O)O. The van der Waals surface area contributed by atoms with Gasteiger partial charge in [0.05, 0.1) is 5.92 Å². The van der Waals surface area contributed by atoms with E-state index in [0.29, 0.717) is 26.1 Å². The Hall–Kier alpha value is -1.35. The molecule has 1 unspecified atom stereocenters. The lowest BCUT2D eigenvalue weighted by atomic mass is 9.93. The molecule has 0 aromatic heterocycles. The molecule has 0 radical (unpaired) electrons. The number of carboxylic acid groups (broad SMARTS) is 1. The maximum atomic E-state index is 11.2. The molecule has 0 heterocycles. The summed E-state index contributed by atoms with van der Waals surface area (Å²) in [5, 5.41) is 9.24. The number of aryl methyl sites for hydroxylation is 1. The number of hydrogen-bond donors (Lipinski definition) is 1. The van der Waals surface area contributed by atoms with Gasteiger partial charge in [-0.05, 0) is 44.2 Å². The van der Waals surface area contributed by atoms with Crippen LogP contribution >= 0.6 is 0 Å². The molecule has 0 aliphatic heterocycles. The van der Waals surface area contributed by atoms with Crippen molar-refractivity contribution in [1.29, 1.82) is 0 Å². The van der Waals surface area contributed by atoms with Crippen LogP contribution in [0.15, 0.2) is 24.3 Å². The second kappa shape index (κ2) is 7.88. The molecule has 0 spiro atoms. The van der Waals surface area contributed by atoms with Crippen LogP contribution in [0.5, 0.6) is 0 Å². The van der Waals surface area contributed by atoms with Gasteiger partial charge in [0.2, 0.25) is 0 Å². The standard InChI is InChI=1S/C15H22O3/c1-3-18-10-6-9-14(15(16)17)11-13-8-5-4-7-12(13)2/h4-5,7-8,14H,3,6,9-11H2,1-2H3,(H,16,17). The summed E-state index contributed by atoms with van der Waals surface area (Å²) in [6.45, 7) is 5.31. The molecule has 1 atom stereocenters. The number of carboxylic acids is 1. The predicted octanol–water partition coefficient (Wildman–Crippen LogP) is 3.06. The third-order valence-corrected chi connectivity index (χ3v) is 3.12. The largest absolute Gasteiger partial charge is 0.481 e. The molecule has 0 bridgehead atoms. The van der Waals surface area contributed by atoms with E-state index >= 15 is 0 Å². The summed E-state index contributed by atoms with van der Waals surface area (Å²) in [5.74, 6) is -1.03. The van der Waals surface area contributed by atoms with E-state index in [-0.39, 0.29) is 5.92 Å². The summed E-state index contributed by atoms with van der Waals surface area (Å²) in [4.78, 5) is 11.2. The first-order valence-electron chi connectivity index (χ1n) is 6.50. The first-order chi connectivity index (χ1) is 8.65. The van der Waals surface area contributed by atoms with E-state index in [1.54, 1.807) is 0 Å². The van der Waals surface area contributed by atoms with Gasteiger partial charge >= 0.3 is 5.97 Å². The monoisotopic (exact) mass is 250 g/mol. The number of carbonyl (C=O) groups is 1. The fourth-order valence-electron chi connectivity index (χ4n) is 1.99. The van der Waals surface area contributed by atoms with Gasteiger partial charge in [-0.3, -0.25) is 4.79 Å². The molecule has 0 fully saturated rings. The topological polar surface area (TPSA) is 46.5 Å². The van der Waals surface area contributed by atoms with Crippen molar-refractivity contribution in [1.82, 2.24) is 0 Å². The normalized spacial score (nSPS) is 12.3. The number of aliphatic carboxylic acids is 1. The number of ether oxygens (including phenoxy) is 1. The summed E-state index contributed by atoms with van der Waals surface area (Å²) < 4.78 is 5.24. The van der Waals surface area contributed by atoms with E-state index in [1.165, 1.54) is 0 Å². The summed E-state index contributed by atoms with van der Waals surface area (Å²) in [5.41, 5.74) is 2.29. The molecule has 0 saturated heterocycles. The summed E-state index contributed by atoms with van der Waals surface area (Å²) in [6.07, 6.45) is 2.08. The van der Waals surface area contributed by atoms with Gasteiger partial charge in [0.15, 0.2) is 0 Å². The van der Waals surface area contributed by atoms with Gasteiger partial charge in [0.1, 0.15) is 0 Å². The van der Waals surface area contributed by atoms with Crippen LogP contribution in [-0.4, -0.2) is 24.3 Å². The summed E-state index contributed by atoms with van der Waals surface area (Å²) in [6, 6.07) is 7.97. The van der Waals surface area contributed by atoms with Crippen LogP contribution in [-0.2, 0) is 16.0 Å². The molecule has 1 aromatic carbocycles. The summed E-state index contributed by atoms with van der Waals surface area (Å²) >= 11 is 0. The fraction of sp³-hybridized carbons (Fsp3) is 0.533. The minimum atomic E-state index is -0.713. The second-order valence-electron chi connectivity index (χ2n) is 4.50. The van der Waals surface area contributed by atoms with Crippen molar-refractivity contribution in [3.8, 4) is 0 Å². The molecule has 0 saturated carbocycles. The number of hydrogen-bond acceptors (Lipinski definition) is 2. The number of benzene rings is 1. The Morgan fingerprint density at radius 1 is 1.39 bits per heavy atom. The molecular formula is C15H22O3. The van der Waals surface area contributed by atoms with Crippen molar-refractivity contribution in [3.05, 3.63) is 35.4 Å². The molecule has 0 amide bonds. The zero-order chi connectivity index (χ0) is 13.4. The Balaban J connectivity index is 2.53. The van der Waals surface area contributed by atoms with E-state index in [1.807, 2.05) is 38.1 Å². The Morgan fingerprint density at radius 3 is 2.72 bits per heavy atom. The van der Waals surface area contributed by atoms with Gasteiger partial charge < -0.3 is 9.84 Å². The van der Waals surface area contributed by atoms with Crippen LogP contribution in [0.4, 0.5) is 0 Å².